The average Bonchev–Trinajstić information content (AvgIpc) is 2.64. The number of phenolic OH excluding ortho intramolecular Hbond substituents is 1. The number of esters is 1. The van der Waals surface area contributed by atoms with Gasteiger partial charge in [0.25, 0.3) is 5.56 Å². The molecule has 0 saturated heterocycles. The molecule has 0 aliphatic carbocycles. The summed E-state index contributed by atoms with van der Waals surface area (Å²) in [4.78, 5) is 25.0. The van der Waals surface area contributed by atoms with Gasteiger partial charge in [0.15, 0.2) is 0 Å². The SMILES string of the molecule is C=CCc1ccc(O)c2ccccc12.CC(C)(C)OC(=O)c1ccc[nH]c1=O. The molecule has 3 aromatic rings. The maximum atomic E-state index is 11.4. The fourth-order valence-electron chi connectivity index (χ4n) is 2.59. The second-order valence-corrected chi connectivity index (χ2v) is 7.20. The Kier molecular flexibility index (Phi) is 6.77. The molecule has 0 fully saturated rings. The maximum absolute atomic E-state index is 11.4. The van der Waals surface area contributed by atoms with E-state index in [1.807, 2.05) is 36.4 Å². The van der Waals surface area contributed by atoms with Crippen LogP contribution >= 0.6 is 0 Å². The molecular formula is C23H25NO4. The summed E-state index contributed by atoms with van der Waals surface area (Å²) in [6, 6.07) is 14.6. The van der Waals surface area contributed by atoms with E-state index in [9.17, 15) is 14.7 Å². The lowest BCUT2D eigenvalue weighted by atomic mass is 10.0. The number of aromatic amines is 1. The molecular weight excluding hydrogens is 354 g/mol. The van der Waals surface area contributed by atoms with Gasteiger partial charge in [0.2, 0.25) is 0 Å². The quantitative estimate of drug-likeness (QED) is 0.515. The largest absolute Gasteiger partial charge is 0.507 e. The van der Waals surface area contributed by atoms with Crippen molar-refractivity contribution in [3.8, 4) is 5.75 Å². The van der Waals surface area contributed by atoms with Crippen molar-refractivity contribution in [1.82, 2.24) is 4.98 Å². The lowest BCUT2D eigenvalue weighted by Gasteiger charge is -2.18. The topological polar surface area (TPSA) is 79.4 Å². The molecule has 0 aliphatic heterocycles. The Hall–Kier alpha value is -3.34. The number of rotatable bonds is 3. The number of pyridine rings is 1. The number of nitrogens with one attached hydrogen (secondary N) is 1. The van der Waals surface area contributed by atoms with E-state index in [0.717, 1.165) is 17.2 Å². The van der Waals surface area contributed by atoms with Gasteiger partial charge in [0, 0.05) is 11.6 Å². The summed E-state index contributed by atoms with van der Waals surface area (Å²) >= 11 is 0. The molecule has 1 heterocycles. The molecule has 1 aromatic heterocycles. The Morgan fingerprint density at radius 3 is 2.39 bits per heavy atom. The molecule has 0 unspecified atom stereocenters. The number of H-pyrrole nitrogens is 1. The molecule has 28 heavy (non-hydrogen) atoms. The third-order valence-electron chi connectivity index (χ3n) is 3.79. The highest BCUT2D eigenvalue weighted by Crippen LogP contribution is 2.27. The number of aromatic nitrogens is 1. The van der Waals surface area contributed by atoms with Gasteiger partial charge in [0.1, 0.15) is 16.9 Å². The molecule has 0 bridgehead atoms. The molecule has 0 amide bonds. The minimum Gasteiger partial charge on any atom is -0.507 e. The number of hydrogen-bond acceptors (Lipinski definition) is 4. The van der Waals surface area contributed by atoms with Crippen molar-refractivity contribution in [3.63, 3.8) is 0 Å². The van der Waals surface area contributed by atoms with Crippen molar-refractivity contribution >= 4 is 16.7 Å². The minimum atomic E-state index is -0.598. The van der Waals surface area contributed by atoms with Gasteiger partial charge in [-0.1, -0.05) is 36.4 Å². The molecule has 5 nitrogen and oxygen atoms in total. The third kappa shape index (κ3) is 5.58. The molecule has 0 saturated carbocycles. The summed E-state index contributed by atoms with van der Waals surface area (Å²) in [6.45, 7) is 8.98. The van der Waals surface area contributed by atoms with Gasteiger partial charge in [-0.3, -0.25) is 4.79 Å². The molecule has 146 valence electrons. The highest BCUT2D eigenvalue weighted by atomic mass is 16.6. The van der Waals surface area contributed by atoms with Gasteiger partial charge in [-0.25, -0.2) is 4.79 Å². The number of allylic oxidation sites excluding steroid dienone is 1. The minimum absolute atomic E-state index is 0.0300. The normalized spacial score (nSPS) is 10.7. The number of benzene rings is 2. The summed E-state index contributed by atoms with van der Waals surface area (Å²) < 4.78 is 5.05. The number of phenols is 1. The van der Waals surface area contributed by atoms with E-state index in [2.05, 4.69) is 11.6 Å². The first-order valence-electron chi connectivity index (χ1n) is 8.94. The monoisotopic (exact) mass is 379 g/mol. The molecule has 0 atom stereocenters. The van der Waals surface area contributed by atoms with Crippen LogP contribution in [-0.4, -0.2) is 21.7 Å². The first-order valence-corrected chi connectivity index (χ1v) is 8.94. The smallest absolute Gasteiger partial charge is 0.344 e. The zero-order valence-corrected chi connectivity index (χ0v) is 16.4. The number of fused-ring (bicyclic) bond motifs is 1. The van der Waals surface area contributed by atoms with Crippen molar-refractivity contribution in [2.45, 2.75) is 32.8 Å². The van der Waals surface area contributed by atoms with Crippen LogP contribution in [-0.2, 0) is 11.2 Å². The Balaban J connectivity index is 0.000000200. The van der Waals surface area contributed by atoms with E-state index < -0.39 is 17.1 Å². The van der Waals surface area contributed by atoms with Crippen LogP contribution in [0.2, 0.25) is 0 Å². The Morgan fingerprint density at radius 2 is 1.79 bits per heavy atom. The van der Waals surface area contributed by atoms with Crippen molar-refractivity contribution in [1.29, 1.82) is 0 Å². The van der Waals surface area contributed by atoms with Gasteiger partial charge in [-0.15, -0.1) is 6.58 Å². The van der Waals surface area contributed by atoms with Gasteiger partial charge in [-0.2, -0.15) is 0 Å². The summed E-state index contributed by atoms with van der Waals surface area (Å²) in [7, 11) is 0. The summed E-state index contributed by atoms with van der Waals surface area (Å²) in [5.74, 6) is -0.257. The summed E-state index contributed by atoms with van der Waals surface area (Å²) in [5, 5.41) is 11.7. The van der Waals surface area contributed by atoms with Crippen LogP contribution in [0.3, 0.4) is 0 Å². The van der Waals surface area contributed by atoms with Crippen LogP contribution in [0.5, 0.6) is 5.75 Å². The predicted molar refractivity (Wildman–Crippen MR) is 112 cm³/mol. The highest BCUT2D eigenvalue weighted by molar-refractivity contribution is 5.91. The van der Waals surface area contributed by atoms with E-state index in [-0.39, 0.29) is 5.56 Å². The molecule has 0 aliphatic rings. The van der Waals surface area contributed by atoms with E-state index in [0.29, 0.717) is 5.75 Å². The number of hydrogen-bond donors (Lipinski definition) is 2. The molecule has 5 heteroatoms. The van der Waals surface area contributed by atoms with Crippen molar-refractivity contribution in [2.75, 3.05) is 0 Å². The first kappa shape index (κ1) is 21.0. The van der Waals surface area contributed by atoms with Crippen LogP contribution in [0, 0.1) is 0 Å². The van der Waals surface area contributed by atoms with Gasteiger partial charge < -0.3 is 14.8 Å². The van der Waals surface area contributed by atoms with Crippen molar-refractivity contribution in [2.24, 2.45) is 0 Å². The van der Waals surface area contributed by atoms with Crippen LogP contribution in [0.4, 0.5) is 0 Å². The fourth-order valence-corrected chi connectivity index (χ4v) is 2.59. The van der Waals surface area contributed by atoms with Crippen LogP contribution < -0.4 is 5.56 Å². The Morgan fingerprint density at radius 1 is 1.11 bits per heavy atom. The van der Waals surface area contributed by atoms with Crippen molar-refractivity contribution in [3.05, 3.63) is 88.9 Å². The van der Waals surface area contributed by atoms with E-state index in [4.69, 9.17) is 4.74 Å². The van der Waals surface area contributed by atoms with E-state index in [1.165, 1.54) is 17.8 Å². The van der Waals surface area contributed by atoms with Gasteiger partial charge >= 0.3 is 5.97 Å². The second kappa shape index (κ2) is 9.04. The fraction of sp³-hybridized carbons (Fsp3) is 0.217. The molecule has 0 spiro atoms. The van der Waals surface area contributed by atoms with Gasteiger partial charge in [0.05, 0.1) is 0 Å². The number of aromatic hydroxyl groups is 1. The lowest BCUT2D eigenvalue weighted by Crippen LogP contribution is -2.27. The Labute approximate surface area is 164 Å². The lowest BCUT2D eigenvalue weighted by molar-refractivity contribution is 0.00675. The zero-order chi connectivity index (χ0) is 20.7. The molecule has 3 rings (SSSR count). The first-order chi connectivity index (χ1) is 13.2. The van der Waals surface area contributed by atoms with Crippen LogP contribution in [0.25, 0.3) is 10.8 Å². The number of ether oxygens (including phenoxy) is 1. The highest BCUT2D eigenvalue weighted by Gasteiger charge is 2.19. The van der Waals surface area contributed by atoms with Crippen LogP contribution in [0.1, 0.15) is 36.7 Å². The standard InChI is InChI=1S/C13H12O.C10H13NO3/c1-2-5-10-8-9-13(14)12-7-4-3-6-11(10)12;1-10(2,3)14-9(13)7-5-4-6-11-8(7)12/h2-4,6-9,14H,1,5H2;4-6H,1-3H3,(H,11,12). The van der Waals surface area contributed by atoms with E-state index in [1.54, 1.807) is 32.9 Å². The third-order valence-corrected chi connectivity index (χ3v) is 3.79. The Bertz CT molecular complexity index is 1030. The van der Waals surface area contributed by atoms with Gasteiger partial charge in [-0.05, 0) is 56.3 Å². The summed E-state index contributed by atoms with van der Waals surface area (Å²) in [6.07, 6.45) is 4.18. The molecule has 2 N–H and O–H groups in total. The number of carbonyl (C=O) groups is 1. The second-order valence-electron chi connectivity index (χ2n) is 7.20. The molecule has 0 radical (unpaired) electrons. The maximum Gasteiger partial charge on any atom is 0.344 e. The summed E-state index contributed by atoms with van der Waals surface area (Å²) in [5.41, 5.74) is 0.219. The zero-order valence-electron chi connectivity index (χ0n) is 16.4. The van der Waals surface area contributed by atoms with Crippen molar-refractivity contribution < 1.29 is 14.6 Å². The van der Waals surface area contributed by atoms with E-state index >= 15 is 0 Å². The molecule has 2 aromatic carbocycles. The average molecular weight is 379 g/mol. The predicted octanol–water partition coefficient (Wildman–Crippen LogP) is 4.60. The number of carbonyl (C=O) groups excluding carboxylic acids is 1. The van der Waals surface area contributed by atoms with Crippen LogP contribution in [0.15, 0.2) is 72.2 Å².